The highest BCUT2D eigenvalue weighted by atomic mass is 35.5. The molecule has 2 heterocycles. The molecule has 5 rings (SSSR count). The smallest absolute Gasteiger partial charge is 0.335 e. The van der Waals surface area contributed by atoms with Gasteiger partial charge in [0.25, 0.3) is 5.91 Å². The number of carbonyl (C=O) groups is 3. The van der Waals surface area contributed by atoms with Crippen LogP contribution in [0.15, 0.2) is 54.6 Å². The molecule has 0 aliphatic carbocycles. The second kappa shape index (κ2) is 6.82. The van der Waals surface area contributed by atoms with Gasteiger partial charge in [-0.3, -0.25) is 14.9 Å². The molecule has 31 heavy (non-hydrogen) atoms. The van der Waals surface area contributed by atoms with E-state index in [0.717, 1.165) is 32.5 Å². The molecule has 1 saturated heterocycles. The number of nitrogens with zero attached hydrogens (tertiary/aromatic N) is 2. The van der Waals surface area contributed by atoms with Gasteiger partial charge in [0.15, 0.2) is 5.41 Å². The number of hydrogen-bond donors (Lipinski definition) is 1. The van der Waals surface area contributed by atoms with Gasteiger partial charge >= 0.3 is 6.03 Å². The SMILES string of the molecule is Cc1ccc(N2C(=O)NC(=O)[C@]3(Cc4c(ccc5ccccc45)N(C)C3)C2=O)cc1Cl. The van der Waals surface area contributed by atoms with Crippen LogP contribution in [-0.2, 0) is 16.0 Å². The maximum Gasteiger partial charge on any atom is 0.335 e. The minimum absolute atomic E-state index is 0.173. The van der Waals surface area contributed by atoms with E-state index in [1.54, 1.807) is 18.2 Å². The zero-order valence-electron chi connectivity index (χ0n) is 17.1. The van der Waals surface area contributed by atoms with Gasteiger partial charge < -0.3 is 4.90 Å². The first-order valence-corrected chi connectivity index (χ1v) is 10.4. The Bertz CT molecular complexity index is 1290. The molecule has 0 bridgehead atoms. The number of urea groups is 1. The van der Waals surface area contributed by atoms with Crippen molar-refractivity contribution in [3.63, 3.8) is 0 Å². The summed E-state index contributed by atoms with van der Waals surface area (Å²) in [5.41, 5.74) is 1.66. The van der Waals surface area contributed by atoms with E-state index >= 15 is 0 Å². The third-order valence-electron chi connectivity index (χ3n) is 6.30. The fraction of sp³-hybridized carbons (Fsp3) is 0.208. The highest BCUT2D eigenvalue weighted by molar-refractivity contribution is 6.33. The van der Waals surface area contributed by atoms with E-state index in [4.69, 9.17) is 11.6 Å². The standard InChI is InChI=1S/C24H20ClN3O3/c1-14-7-9-16(11-19(14)25)28-22(30)24(21(29)26-23(28)31)12-18-17-6-4-3-5-15(17)8-10-20(18)27(2)13-24/h3-11H,12-13H2,1-2H3,(H,26,29,31)/t24-/m1/s1. The number of fused-ring (bicyclic) bond motifs is 3. The summed E-state index contributed by atoms with van der Waals surface area (Å²) in [5, 5.41) is 4.88. The number of benzene rings is 3. The molecule has 3 aromatic carbocycles. The van der Waals surface area contributed by atoms with Gasteiger partial charge in [-0.2, -0.15) is 0 Å². The van der Waals surface area contributed by atoms with Crippen LogP contribution < -0.4 is 15.1 Å². The molecule has 0 unspecified atom stereocenters. The summed E-state index contributed by atoms with van der Waals surface area (Å²) in [6.07, 6.45) is 0.210. The van der Waals surface area contributed by atoms with Crippen molar-refractivity contribution in [2.75, 3.05) is 23.4 Å². The summed E-state index contributed by atoms with van der Waals surface area (Å²) >= 11 is 6.25. The number of barbiturate groups is 1. The summed E-state index contributed by atoms with van der Waals surface area (Å²) < 4.78 is 0. The third kappa shape index (κ3) is 2.82. The monoisotopic (exact) mass is 433 g/mol. The third-order valence-corrected chi connectivity index (χ3v) is 6.70. The largest absolute Gasteiger partial charge is 0.373 e. The van der Waals surface area contributed by atoms with Gasteiger partial charge in [-0.15, -0.1) is 0 Å². The minimum Gasteiger partial charge on any atom is -0.373 e. The molecule has 1 atom stereocenters. The molecule has 0 radical (unpaired) electrons. The highest BCUT2D eigenvalue weighted by Gasteiger charge is 2.57. The number of aryl methyl sites for hydroxylation is 1. The second-order valence-electron chi connectivity index (χ2n) is 8.23. The summed E-state index contributed by atoms with van der Waals surface area (Å²) in [6, 6.07) is 16.2. The van der Waals surface area contributed by atoms with Crippen LogP contribution in [0.3, 0.4) is 0 Å². The molecule has 4 amide bonds. The summed E-state index contributed by atoms with van der Waals surface area (Å²) in [5.74, 6) is -1.10. The molecular weight excluding hydrogens is 414 g/mol. The molecule has 1 spiro atoms. The molecule has 1 N–H and O–H groups in total. The molecular formula is C24H20ClN3O3. The number of rotatable bonds is 1. The van der Waals surface area contributed by atoms with Crippen molar-refractivity contribution in [3.05, 3.63) is 70.7 Å². The zero-order valence-corrected chi connectivity index (χ0v) is 17.9. The van der Waals surface area contributed by atoms with Crippen molar-refractivity contribution in [1.82, 2.24) is 5.32 Å². The van der Waals surface area contributed by atoms with Crippen molar-refractivity contribution >= 4 is 51.6 Å². The maximum absolute atomic E-state index is 13.8. The van der Waals surface area contributed by atoms with Crippen LogP contribution >= 0.6 is 11.6 Å². The first-order valence-electron chi connectivity index (χ1n) is 10.00. The molecule has 156 valence electrons. The Kier molecular flexibility index (Phi) is 4.31. The molecule has 2 aliphatic rings. The number of halogens is 1. The lowest BCUT2D eigenvalue weighted by atomic mass is 9.73. The molecule has 3 aromatic rings. The fourth-order valence-electron chi connectivity index (χ4n) is 4.64. The normalized spacial score (nSPS) is 20.9. The first-order chi connectivity index (χ1) is 14.8. The summed E-state index contributed by atoms with van der Waals surface area (Å²) in [7, 11) is 1.86. The van der Waals surface area contributed by atoms with E-state index < -0.39 is 23.3 Å². The summed E-state index contributed by atoms with van der Waals surface area (Å²) in [6.45, 7) is 2.01. The van der Waals surface area contributed by atoms with Crippen LogP contribution in [0, 0.1) is 12.3 Å². The van der Waals surface area contributed by atoms with Crippen LogP contribution in [0.1, 0.15) is 11.1 Å². The Labute approximate surface area is 184 Å². The van der Waals surface area contributed by atoms with Crippen molar-refractivity contribution in [3.8, 4) is 0 Å². The molecule has 1 fully saturated rings. The lowest BCUT2D eigenvalue weighted by Crippen LogP contribution is -2.68. The van der Waals surface area contributed by atoms with Gasteiger partial charge in [-0.05, 0) is 47.0 Å². The van der Waals surface area contributed by atoms with Gasteiger partial charge in [0.05, 0.1) is 5.69 Å². The van der Waals surface area contributed by atoms with Crippen molar-refractivity contribution < 1.29 is 14.4 Å². The van der Waals surface area contributed by atoms with Crippen molar-refractivity contribution in [2.24, 2.45) is 5.41 Å². The summed E-state index contributed by atoms with van der Waals surface area (Å²) in [4.78, 5) is 42.6. The van der Waals surface area contributed by atoms with E-state index in [-0.39, 0.29) is 13.0 Å². The molecule has 2 aliphatic heterocycles. The number of anilines is 2. The zero-order chi connectivity index (χ0) is 21.9. The topological polar surface area (TPSA) is 69.7 Å². The van der Waals surface area contributed by atoms with Crippen LogP contribution in [0.25, 0.3) is 10.8 Å². The molecule has 0 saturated carbocycles. The van der Waals surface area contributed by atoms with E-state index in [9.17, 15) is 14.4 Å². The van der Waals surface area contributed by atoms with E-state index in [1.807, 2.05) is 55.3 Å². The lowest BCUT2D eigenvalue weighted by molar-refractivity contribution is -0.142. The van der Waals surface area contributed by atoms with Gasteiger partial charge in [0.2, 0.25) is 5.91 Å². The first kappa shape index (κ1) is 19.6. The maximum atomic E-state index is 13.8. The number of imide groups is 2. The average molecular weight is 434 g/mol. The molecule has 6 nitrogen and oxygen atoms in total. The predicted molar refractivity (Wildman–Crippen MR) is 121 cm³/mol. The predicted octanol–water partition coefficient (Wildman–Crippen LogP) is 4.06. The highest BCUT2D eigenvalue weighted by Crippen LogP contribution is 2.43. The Morgan fingerprint density at radius 1 is 1.03 bits per heavy atom. The van der Waals surface area contributed by atoms with Gasteiger partial charge in [0.1, 0.15) is 0 Å². The Hall–Kier alpha value is -3.38. The minimum atomic E-state index is -1.42. The van der Waals surface area contributed by atoms with Gasteiger partial charge in [0, 0.05) is 30.7 Å². The number of hydrogen-bond acceptors (Lipinski definition) is 4. The quantitative estimate of drug-likeness (QED) is 0.587. The number of carbonyl (C=O) groups excluding carboxylic acids is 3. The van der Waals surface area contributed by atoms with E-state index in [1.165, 1.54) is 0 Å². The second-order valence-corrected chi connectivity index (χ2v) is 8.64. The van der Waals surface area contributed by atoms with E-state index in [0.29, 0.717) is 10.7 Å². The Morgan fingerprint density at radius 2 is 1.81 bits per heavy atom. The van der Waals surface area contributed by atoms with Crippen molar-refractivity contribution in [2.45, 2.75) is 13.3 Å². The van der Waals surface area contributed by atoms with Crippen LogP contribution in [0.2, 0.25) is 5.02 Å². The number of nitrogens with one attached hydrogen (secondary N) is 1. The van der Waals surface area contributed by atoms with Gasteiger partial charge in [-0.25, -0.2) is 9.69 Å². The Morgan fingerprint density at radius 3 is 2.58 bits per heavy atom. The molecule has 0 aromatic heterocycles. The molecule has 7 heteroatoms. The van der Waals surface area contributed by atoms with Crippen LogP contribution in [-0.4, -0.2) is 31.4 Å². The van der Waals surface area contributed by atoms with Gasteiger partial charge in [-0.1, -0.05) is 48.0 Å². The fourth-order valence-corrected chi connectivity index (χ4v) is 4.82. The number of amides is 4. The van der Waals surface area contributed by atoms with Crippen LogP contribution in [0.4, 0.5) is 16.2 Å². The lowest BCUT2D eigenvalue weighted by Gasteiger charge is -2.45. The van der Waals surface area contributed by atoms with E-state index in [2.05, 4.69) is 5.32 Å². The van der Waals surface area contributed by atoms with Crippen LogP contribution in [0.5, 0.6) is 0 Å². The van der Waals surface area contributed by atoms with Crippen molar-refractivity contribution in [1.29, 1.82) is 0 Å². The average Bonchev–Trinajstić information content (AvgIpc) is 2.75. The Balaban J connectivity index is 1.65.